The maximum Gasteiger partial charge on any atom is 0.246 e. The number of hydrogen-bond acceptors (Lipinski definition) is 5. The average molecular weight is 542 g/mol. The molecule has 1 N–H and O–H groups in total. The SMILES string of the molecule is CCNC(=NCc1ccc(OC)c(OCC)c1)N1CCN(c2cnn(C)c2)C(=O)C1.I. The monoisotopic (exact) mass is 542 g/mol. The summed E-state index contributed by atoms with van der Waals surface area (Å²) in [6.07, 6.45) is 3.57. The maximum atomic E-state index is 12.7. The van der Waals surface area contributed by atoms with Crippen LogP contribution in [0.5, 0.6) is 11.5 Å². The topological polar surface area (TPSA) is 84.2 Å². The van der Waals surface area contributed by atoms with Gasteiger partial charge in [0.2, 0.25) is 5.91 Å². The molecule has 10 heteroatoms. The van der Waals surface area contributed by atoms with Crippen LogP contribution in [0.4, 0.5) is 5.69 Å². The van der Waals surface area contributed by atoms with Gasteiger partial charge in [0.05, 0.1) is 32.1 Å². The molecule has 1 aliphatic rings. The van der Waals surface area contributed by atoms with Gasteiger partial charge in [-0.1, -0.05) is 6.07 Å². The lowest BCUT2D eigenvalue weighted by Crippen LogP contribution is -2.55. The first kappa shape index (κ1) is 24.8. The number of nitrogens with zero attached hydrogens (tertiary/aromatic N) is 5. The number of nitrogens with one attached hydrogen (secondary N) is 1. The van der Waals surface area contributed by atoms with Crippen LogP contribution >= 0.6 is 24.0 Å². The van der Waals surface area contributed by atoms with Crippen molar-refractivity contribution in [1.82, 2.24) is 20.0 Å². The first-order valence-electron chi connectivity index (χ1n) is 10.2. The van der Waals surface area contributed by atoms with E-state index in [-0.39, 0.29) is 36.4 Å². The molecule has 1 saturated heterocycles. The highest BCUT2D eigenvalue weighted by Crippen LogP contribution is 2.28. The first-order valence-corrected chi connectivity index (χ1v) is 10.2. The minimum Gasteiger partial charge on any atom is -0.493 e. The van der Waals surface area contributed by atoms with Crippen LogP contribution in [0.15, 0.2) is 35.6 Å². The summed E-state index contributed by atoms with van der Waals surface area (Å²) in [5.74, 6) is 2.17. The predicted molar refractivity (Wildman–Crippen MR) is 132 cm³/mol. The zero-order chi connectivity index (χ0) is 21.5. The van der Waals surface area contributed by atoms with Gasteiger partial charge in [-0.2, -0.15) is 5.10 Å². The van der Waals surface area contributed by atoms with Crippen LogP contribution in [-0.2, 0) is 18.4 Å². The fraction of sp³-hybridized carbons (Fsp3) is 0.476. The molecule has 3 rings (SSSR count). The van der Waals surface area contributed by atoms with E-state index in [0.717, 1.165) is 23.8 Å². The molecule has 0 saturated carbocycles. The van der Waals surface area contributed by atoms with Gasteiger partial charge in [0.1, 0.15) is 6.54 Å². The summed E-state index contributed by atoms with van der Waals surface area (Å²) in [7, 11) is 3.47. The fourth-order valence-electron chi connectivity index (χ4n) is 3.35. The van der Waals surface area contributed by atoms with E-state index in [4.69, 9.17) is 14.5 Å². The number of anilines is 1. The van der Waals surface area contributed by atoms with Crippen molar-refractivity contribution < 1.29 is 14.3 Å². The predicted octanol–water partition coefficient (Wildman–Crippen LogP) is 2.26. The first-order chi connectivity index (χ1) is 14.5. The molecule has 31 heavy (non-hydrogen) atoms. The summed E-state index contributed by atoms with van der Waals surface area (Å²) >= 11 is 0. The number of carbonyl (C=O) groups excluding carboxylic acids is 1. The van der Waals surface area contributed by atoms with Gasteiger partial charge in [-0.3, -0.25) is 9.48 Å². The second-order valence-electron chi connectivity index (χ2n) is 6.93. The lowest BCUT2D eigenvalue weighted by Gasteiger charge is -2.35. The Hall–Kier alpha value is -2.50. The Morgan fingerprint density at radius 3 is 2.68 bits per heavy atom. The van der Waals surface area contributed by atoms with Crippen molar-refractivity contribution in [2.45, 2.75) is 20.4 Å². The van der Waals surface area contributed by atoms with Gasteiger partial charge in [0.25, 0.3) is 0 Å². The molecule has 9 nitrogen and oxygen atoms in total. The number of amides is 1. The fourth-order valence-corrected chi connectivity index (χ4v) is 3.35. The highest BCUT2D eigenvalue weighted by molar-refractivity contribution is 14.0. The van der Waals surface area contributed by atoms with Crippen LogP contribution in [0.25, 0.3) is 0 Å². The smallest absolute Gasteiger partial charge is 0.246 e. The molecule has 170 valence electrons. The molecule has 1 aliphatic heterocycles. The number of aliphatic imine (C=N–C) groups is 1. The highest BCUT2D eigenvalue weighted by Gasteiger charge is 2.27. The second-order valence-corrected chi connectivity index (χ2v) is 6.93. The molecule has 1 aromatic carbocycles. The summed E-state index contributed by atoms with van der Waals surface area (Å²) in [4.78, 5) is 21.2. The molecule has 2 aromatic rings. The number of halogens is 1. The van der Waals surface area contributed by atoms with Crippen molar-refractivity contribution in [2.75, 3.05) is 44.8 Å². The Morgan fingerprint density at radius 1 is 1.26 bits per heavy atom. The molecule has 0 unspecified atom stereocenters. The Morgan fingerprint density at radius 2 is 2.06 bits per heavy atom. The summed E-state index contributed by atoms with van der Waals surface area (Å²) in [5, 5.41) is 7.46. The van der Waals surface area contributed by atoms with E-state index in [1.807, 2.05) is 50.2 Å². The number of guanidine groups is 1. The Bertz CT molecular complexity index is 901. The van der Waals surface area contributed by atoms with Crippen molar-refractivity contribution >= 4 is 41.5 Å². The molecule has 1 fully saturated rings. The molecule has 2 heterocycles. The van der Waals surface area contributed by atoms with Crippen LogP contribution < -0.4 is 19.7 Å². The number of methoxy groups -OCH3 is 1. The van der Waals surface area contributed by atoms with Crippen LogP contribution in [0.1, 0.15) is 19.4 Å². The van der Waals surface area contributed by atoms with Crippen molar-refractivity contribution in [1.29, 1.82) is 0 Å². The third kappa shape index (κ3) is 6.25. The maximum absolute atomic E-state index is 12.7. The number of ether oxygens (including phenoxy) is 2. The van der Waals surface area contributed by atoms with E-state index in [9.17, 15) is 4.79 Å². The van der Waals surface area contributed by atoms with Crippen molar-refractivity contribution in [3.8, 4) is 11.5 Å². The van der Waals surface area contributed by atoms with E-state index in [2.05, 4.69) is 10.4 Å². The number of hydrogen-bond donors (Lipinski definition) is 1. The highest BCUT2D eigenvalue weighted by atomic mass is 127. The van der Waals surface area contributed by atoms with Gasteiger partial charge in [-0.25, -0.2) is 4.99 Å². The number of piperazine rings is 1. The summed E-state index contributed by atoms with van der Waals surface area (Å²) < 4.78 is 12.7. The molecule has 0 bridgehead atoms. The van der Waals surface area contributed by atoms with Crippen LogP contribution in [-0.4, -0.2) is 66.4 Å². The third-order valence-electron chi connectivity index (χ3n) is 4.80. The average Bonchev–Trinajstić information content (AvgIpc) is 3.17. The number of rotatable bonds is 7. The molecular formula is C21H31IN6O3. The molecule has 0 radical (unpaired) electrons. The Labute approximate surface area is 200 Å². The summed E-state index contributed by atoms with van der Waals surface area (Å²) in [6.45, 7) is 7.28. The van der Waals surface area contributed by atoms with Gasteiger partial charge in [0.15, 0.2) is 17.5 Å². The van der Waals surface area contributed by atoms with Crippen molar-refractivity contribution in [3.63, 3.8) is 0 Å². The van der Waals surface area contributed by atoms with Gasteiger partial charge in [-0.05, 0) is 31.5 Å². The standard InChI is InChI=1S/C21H30N6O3.HI/c1-5-22-21(23-12-16-7-8-18(29-4)19(11-16)30-6-2)26-9-10-27(20(28)15-26)17-13-24-25(3)14-17;/h7-8,11,13-14H,5-6,9-10,12,15H2,1-4H3,(H,22,23);1H. The quantitative estimate of drug-likeness (QED) is 0.329. The molecule has 0 spiro atoms. The number of benzene rings is 1. The molecular weight excluding hydrogens is 511 g/mol. The largest absolute Gasteiger partial charge is 0.493 e. The zero-order valence-corrected chi connectivity index (χ0v) is 20.8. The minimum atomic E-state index is 0. The van der Waals surface area contributed by atoms with Gasteiger partial charge >= 0.3 is 0 Å². The van der Waals surface area contributed by atoms with Crippen LogP contribution in [0, 0.1) is 0 Å². The van der Waals surface area contributed by atoms with Crippen molar-refractivity contribution in [2.24, 2.45) is 12.0 Å². The zero-order valence-electron chi connectivity index (χ0n) is 18.5. The minimum absolute atomic E-state index is 0. The van der Waals surface area contributed by atoms with E-state index in [1.54, 1.807) is 22.9 Å². The van der Waals surface area contributed by atoms with E-state index >= 15 is 0 Å². The van der Waals surface area contributed by atoms with Crippen LogP contribution in [0.3, 0.4) is 0 Å². The Balaban J connectivity index is 0.00000341. The van der Waals surface area contributed by atoms with E-state index in [0.29, 0.717) is 37.7 Å². The number of aromatic nitrogens is 2. The second kappa shape index (κ2) is 11.8. The Kier molecular flexibility index (Phi) is 9.41. The summed E-state index contributed by atoms with van der Waals surface area (Å²) in [6, 6.07) is 5.81. The van der Waals surface area contributed by atoms with E-state index in [1.165, 1.54) is 0 Å². The molecule has 0 aliphatic carbocycles. The van der Waals surface area contributed by atoms with Gasteiger partial charge in [-0.15, -0.1) is 24.0 Å². The molecule has 1 amide bonds. The number of aryl methyl sites for hydroxylation is 1. The van der Waals surface area contributed by atoms with Crippen LogP contribution in [0.2, 0.25) is 0 Å². The molecule has 1 aromatic heterocycles. The third-order valence-corrected chi connectivity index (χ3v) is 4.80. The normalized spacial score (nSPS) is 14.3. The van der Waals surface area contributed by atoms with Crippen molar-refractivity contribution in [3.05, 3.63) is 36.2 Å². The lowest BCUT2D eigenvalue weighted by atomic mass is 10.2. The number of carbonyl (C=O) groups is 1. The van der Waals surface area contributed by atoms with Gasteiger partial charge in [0, 0.05) is 32.9 Å². The molecule has 0 atom stereocenters. The van der Waals surface area contributed by atoms with Gasteiger partial charge < -0.3 is 24.6 Å². The lowest BCUT2D eigenvalue weighted by molar-refractivity contribution is -0.120. The van der Waals surface area contributed by atoms with E-state index < -0.39 is 0 Å². The summed E-state index contributed by atoms with van der Waals surface area (Å²) in [5.41, 5.74) is 1.83.